The van der Waals surface area contributed by atoms with Gasteiger partial charge in [-0.15, -0.1) is 0 Å². The maximum absolute atomic E-state index is 12.4. The van der Waals surface area contributed by atoms with Gasteiger partial charge in [-0.25, -0.2) is 0 Å². The van der Waals surface area contributed by atoms with Gasteiger partial charge in [0.25, 0.3) is 0 Å². The Balaban J connectivity index is 1.80. The van der Waals surface area contributed by atoms with Crippen LogP contribution in [0.5, 0.6) is 0 Å². The minimum absolute atomic E-state index is 0.302. The molecule has 1 N–H and O–H groups in total. The largest absolute Gasteiger partial charge is 0.343 e. The third-order valence-electron chi connectivity index (χ3n) is 4.42. The lowest BCUT2D eigenvalue weighted by atomic mass is 9.97. The molecule has 0 saturated carbocycles. The summed E-state index contributed by atoms with van der Waals surface area (Å²) in [4.78, 5) is 14.4. The molecule has 1 saturated heterocycles. The van der Waals surface area contributed by atoms with Gasteiger partial charge in [0, 0.05) is 19.5 Å². The van der Waals surface area contributed by atoms with Gasteiger partial charge in [0.2, 0.25) is 5.91 Å². The van der Waals surface area contributed by atoms with Crippen LogP contribution in [0, 0.1) is 12.8 Å². The molecule has 0 unspecified atom stereocenters. The molecule has 2 rings (SSSR count). The monoisotopic (exact) mass is 288 g/mol. The van der Waals surface area contributed by atoms with E-state index in [1.54, 1.807) is 0 Å². The molecule has 1 aromatic rings. The zero-order valence-electron chi connectivity index (χ0n) is 13.4. The van der Waals surface area contributed by atoms with Gasteiger partial charge in [-0.05, 0) is 57.7 Å². The third-order valence-corrected chi connectivity index (χ3v) is 4.42. The Labute approximate surface area is 128 Å². The van der Waals surface area contributed by atoms with Gasteiger partial charge in [0.1, 0.15) is 0 Å². The summed E-state index contributed by atoms with van der Waals surface area (Å²) >= 11 is 0. The van der Waals surface area contributed by atoms with E-state index in [-0.39, 0.29) is 0 Å². The summed E-state index contributed by atoms with van der Waals surface area (Å²) in [6.45, 7) is 8.14. The Hall–Kier alpha value is -1.35. The van der Waals surface area contributed by atoms with Gasteiger partial charge in [-0.3, -0.25) is 4.79 Å². The number of piperidine rings is 1. The smallest absolute Gasteiger partial charge is 0.222 e. The lowest BCUT2D eigenvalue weighted by molar-refractivity contribution is -0.131. The van der Waals surface area contributed by atoms with Crippen LogP contribution >= 0.6 is 0 Å². The van der Waals surface area contributed by atoms with Gasteiger partial charge in [0.05, 0.1) is 0 Å². The van der Waals surface area contributed by atoms with E-state index in [9.17, 15) is 4.79 Å². The molecule has 116 valence electrons. The van der Waals surface area contributed by atoms with E-state index in [2.05, 4.69) is 43.4 Å². The Morgan fingerprint density at radius 1 is 1.24 bits per heavy atom. The standard InChI is InChI=1S/C18H28N2O/c1-3-20(14-17-10-12-19-13-11-17)18(21)9-8-16-6-4-15(2)5-7-16/h4-7,17,19H,3,8-14H2,1-2H3. The number of hydrogen-bond donors (Lipinski definition) is 1. The van der Waals surface area contributed by atoms with Gasteiger partial charge < -0.3 is 10.2 Å². The zero-order chi connectivity index (χ0) is 15.1. The van der Waals surface area contributed by atoms with E-state index in [1.807, 2.05) is 4.90 Å². The minimum Gasteiger partial charge on any atom is -0.343 e. The van der Waals surface area contributed by atoms with E-state index in [4.69, 9.17) is 0 Å². The normalized spacial score (nSPS) is 15.9. The fraction of sp³-hybridized carbons (Fsp3) is 0.611. The fourth-order valence-corrected chi connectivity index (χ4v) is 2.95. The van der Waals surface area contributed by atoms with Crippen molar-refractivity contribution in [1.82, 2.24) is 10.2 Å². The van der Waals surface area contributed by atoms with Crippen molar-refractivity contribution < 1.29 is 4.79 Å². The number of benzene rings is 1. The summed E-state index contributed by atoms with van der Waals surface area (Å²) in [5.74, 6) is 0.978. The molecule has 1 aromatic carbocycles. The predicted octanol–water partition coefficient (Wildman–Crippen LogP) is 2.78. The first-order valence-corrected chi connectivity index (χ1v) is 8.23. The van der Waals surface area contributed by atoms with E-state index >= 15 is 0 Å². The van der Waals surface area contributed by atoms with Crippen LogP contribution in [0.4, 0.5) is 0 Å². The highest BCUT2D eigenvalue weighted by atomic mass is 16.2. The first-order valence-electron chi connectivity index (χ1n) is 8.23. The molecule has 1 aliphatic heterocycles. The van der Waals surface area contributed by atoms with Crippen molar-refractivity contribution in [2.75, 3.05) is 26.2 Å². The molecule has 1 heterocycles. The molecule has 0 radical (unpaired) electrons. The second kappa shape index (κ2) is 8.18. The molecule has 21 heavy (non-hydrogen) atoms. The number of carbonyl (C=O) groups is 1. The Morgan fingerprint density at radius 2 is 1.90 bits per heavy atom. The molecule has 0 bridgehead atoms. The van der Waals surface area contributed by atoms with Crippen LogP contribution in [0.3, 0.4) is 0 Å². The first-order chi connectivity index (χ1) is 10.2. The van der Waals surface area contributed by atoms with E-state index < -0.39 is 0 Å². The number of aryl methyl sites for hydroxylation is 2. The molecule has 0 aliphatic carbocycles. The number of rotatable bonds is 6. The van der Waals surface area contributed by atoms with Crippen molar-refractivity contribution >= 4 is 5.91 Å². The van der Waals surface area contributed by atoms with Crippen LogP contribution in [0.1, 0.15) is 37.3 Å². The molecule has 0 atom stereocenters. The van der Waals surface area contributed by atoms with Crippen molar-refractivity contribution in [1.29, 1.82) is 0 Å². The number of carbonyl (C=O) groups excluding carboxylic acids is 1. The third kappa shape index (κ3) is 5.16. The van der Waals surface area contributed by atoms with Gasteiger partial charge in [-0.2, -0.15) is 0 Å². The summed E-state index contributed by atoms with van der Waals surface area (Å²) in [7, 11) is 0. The molecule has 0 aromatic heterocycles. The quantitative estimate of drug-likeness (QED) is 0.873. The van der Waals surface area contributed by atoms with Crippen LogP contribution in [0.25, 0.3) is 0 Å². The Kier molecular flexibility index (Phi) is 6.24. The summed E-state index contributed by atoms with van der Waals surface area (Å²) in [5, 5.41) is 3.38. The zero-order valence-corrected chi connectivity index (χ0v) is 13.4. The van der Waals surface area contributed by atoms with Crippen LogP contribution in [-0.2, 0) is 11.2 Å². The predicted molar refractivity (Wildman–Crippen MR) is 87.3 cm³/mol. The second-order valence-corrected chi connectivity index (χ2v) is 6.11. The van der Waals surface area contributed by atoms with Crippen LogP contribution in [0.15, 0.2) is 24.3 Å². The minimum atomic E-state index is 0.302. The maximum Gasteiger partial charge on any atom is 0.222 e. The SMILES string of the molecule is CCN(CC1CCNCC1)C(=O)CCc1ccc(C)cc1. The van der Waals surface area contributed by atoms with Crippen molar-refractivity contribution in [3.05, 3.63) is 35.4 Å². The molecule has 3 heteroatoms. The molecule has 0 spiro atoms. The van der Waals surface area contributed by atoms with E-state index in [1.165, 1.54) is 24.0 Å². The summed E-state index contributed by atoms with van der Waals surface area (Å²) in [6, 6.07) is 8.50. The van der Waals surface area contributed by atoms with Crippen LogP contribution in [-0.4, -0.2) is 37.0 Å². The van der Waals surface area contributed by atoms with Crippen LogP contribution < -0.4 is 5.32 Å². The van der Waals surface area contributed by atoms with Crippen LogP contribution in [0.2, 0.25) is 0 Å². The van der Waals surface area contributed by atoms with Crippen molar-refractivity contribution in [2.45, 2.75) is 39.5 Å². The summed E-state index contributed by atoms with van der Waals surface area (Å²) in [6.07, 6.45) is 3.87. The van der Waals surface area contributed by atoms with Crippen molar-refractivity contribution in [2.24, 2.45) is 5.92 Å². The highest BCUT2D eigenvalue weighted by molar-refractivity contribution is 5.76. The Bertz CT molecular complexity index is 435. The van der Waals surface area contributed by atoms with Gasteiger partial charge in [-0.1, -0.05) is 29.8 Å². The van der Waals surface area contributed by atoms with E-state index in [0.29, 0.717) is 18.2 Å². The average Bonchev–Trinajstić information content (AvgIpc) is 2.52. The number of nitrogens with zero attached hydrogens (tertiary/aromatic N) is 1. The lowest BCUT2D eigenvalue weighted by Crippen LogP contribution is -2.39. The van der Waals surface area contributed by atoms with Crippen molar-refractivity contribution in [3.63, 3.8) is 0 Å². The average molecular weight is 288 g/mol. The number of hydrogen-bond acceptors (Lipinski definition) is 2. The molecule has 3 nitrogen and oxygen atoms in total. The lowest BCUT2D eigenvalue weighted by Gasteiger charge is -2.29. The van der Waals surface area contributed by atoms with Crippen molar-refractivity contribution in [3.8, 4) is 0 Å². The highest BCUT2D eigenvalue weighted by Crippen LogP contribution is 2.15. The molecule has 1 aliphatic rings. The number of nitrogens with one attached hydrogen (secondary N) is 1. The molecular formula is C18H28N2O. The fourth-order valence-electron chi connectivity index (χ4n) is 2.95. The highest BCUT2D eigenvalue weighted by Gasteiger charge is 2.19. The number of amides is 1. The molecule has 1 fully saturated rings. The van der Waals surface area contributed by atoms with Gasteiger partial charge >= 0.3 is 0 Å². The molecule has 1 amide bonds. The van der Waals surface area contributed by atoms with Gasteiger partial charge in [0.15, 0.2) is 0 Å². The maximum atomic E-state index is 12.4. The van der Waals surface area contributed by atoms with E-state index in [0.717, 1.165) is 32.6 Å². The first kappa shape index (κ1) is 16.0. The summed E-state index contributed by atoms with van der Waals surface area (Å²) in [5.41, 5.74) is 2.53. The second-order valence-electron chi connectivity index (χ2n) is 6.11. The topological polar surface area (TPSA) is 32.3 Å². The summed E-state index contributed by atoms with van der Waals surface area (Å²) < 4.78 is 0. The Morgan fingerprint density at radius 3 is 2.52 bits per heavy atom. The molecular weight excluding hydrogens is 260 g/mol.